The quantitative estimate of drug-likeness (QED) is 0.608. The summed E-state index contributed by atoms with van der Waals surface area (Å²) in [4.78, 5) is 14.1. The van der Waals surface area contributed by atoms with Gasteiger partial charge in [-0.1, -0.05) is 0 Å². The van der Waals surface area contributed by atoms with Crippen molar-refractivity contribution in [2.75, 3.05) is 32.7 Å². The maximum absolute atomic E-state index is 12.2. The van der Waals surface area contributed by atoms with Crippen LogP contribution in [0.1, 0.15) is 32.1 Å². The van der Waals surface area contributed by atoms with Gasteiger partial charge in [0.2, 0.25) is 5.91 Å². The molecule has 0 bridgehead atoms. The van der Waals surface area contributed by atoms with E-state index in [9.17, 15) is 13.2 Å². The molecular formula is C13H26N4O3S. The zero-order chi connectivity index (χ0) is 15.3. The van der Waals surface area contributed by atoms with Gasteiger partial charge < -0.3 is 10.2 Å². The molecule has 1 amide bonds. The number of hydrogen-bond acceptors (Lipinski definition) is 4. The third-order valence-electron chi connectivity index (χ3n) is 4.37. The van der Waals surface area contributed by atoms with Crippen LogP contribution in [0.25, 0.3) is 0 Å². The number of carbonyl (C=O) groups is 1. The Bertz CT molecular complexity index is 448. The minimum Gasteiger partial charge on any atom is -0.342 e. The van der Waals surface area contributed by atoms with E-state index < -0.39 is 10.2 Å². The summed E-state index contributed by atoms with van der Waals surface area (Å²) in [6, 6.07) is 0. The smallest absolute Gasteiger partial charge is 0.274 e. The van der Waals surface area contributed by atoms with E-state index in [2.05, 4.69) is 10.0 Å². The molecule has 0 aliphatic carbocycles. The zero-order valence-electron chi connectivity index (χ0n) is 12.4. The van der Waals surface area contributed by atoms with Crippen molar-refractivity contribution in [1.82, 2.24) is 14.9 Å². The van der Waals surface area contributed by atoms with Crippen LogP contribution in [-0.4, -0.2) is 51.9 Å². The van der Waals surface area contributed by atoms with E-state index in [0.717, 1.165) is 45.3 Å². The van der Waals surface area contributed by atoms with Gasteiger partial charge in [0.25, 0.3) is 10.2 Å². The summed E-state index contributed by atoms with van der Waals surface area (Å²) < 4.78 is 24.2. The van der Waals surface area contributed by atoms with Crippen LogP contribution < -0.4 is 15.2 Å². The van der Waals surface area contributed by atoms with Crippen molar-refractivity contribution in [2.24, 2.45) is 17.0 Å². The Balaban J connectivity index is 1.73. The number of carbonyl (C=O) groups excluding carboxylic acids is 1. The first-order valence-electron chi connectivity index (χ1n) is 7.70. The Hall–Kier alpha value is -0.700. The highest BCUT2D eigenvalue weighted by Gasteiger charge is 2.25. The second kappa shape index (κ2) is 7.53. The third-order valence-corrected chi connectivity index (χ3v) is 4.94. The number of nitrogens with zero attached hydrogens (tertiary/aromatic N) is 1. The zero-order valence-corrected chi connectivity index (χ0v) is 13.2. The van der Waals surface area contributed by atoms with Gasteiger partial charge >= 0.3 is 0 Å². The van der Waals surface area contributed by atoms with Crippen LogP contribution in [0.4, 0.5) is 0 Å². The lowest BCUT2D eigenvalue weighted by Gasteiger charge is -2.33. The fourth-order valence-corrected chi connectivity index (χ4v) is 3.61. The van der Waals surface area contributed by atoms with Crippen molar-refractivity contribution in [3.05, 3.63) is 0 Å². The molecule has 2 heterocycles. The summed E-state index contributed by atoms with van der Waals surface area (Å²) in [7, 11) is -3.64. The minimum absolute atomic E-state index is 0.161. The Morgan fingerprint density at radius 2 is 2.14 bits per heavy atom. The van der Waals surface area contributed by atoms with Crippen LogP contribution >= 0.6 is 0 Å². The van der Waals surface area contributed by atoms with Gasteiger partial charge in [-0.25, -0.2) is 9.86 Å². The van der Waals surface area contributed by atoms with Gasteiger partial charge in [-0.15, -0.1) is 0 Å². The van der Waals surface area contributed by atoms with Gasteiger partial charge in [0, 0.05) is 26.1 Å². The highest BCUT2D eigenvalue weighted by atomic mass is 32.2. The van der Waals surface area contributed by atoms with Crippen LogP contribution in [-0.2, 0) is 15.0 Å². The predicted octanol–water partition coefficient (Wildman–Crippen LogP) is -0.592. The molecule has 2 unspecified atom stereocenters. The van der Waals surface area contributed by atoms with Gasteiger partial charge in [0.05, 0.1) is 0 Å². The monoisotopic (exact) mass is 318 g/mol. The Kier molecular flexibility index (Phi) is 5.98. The van der Waals surface area contributed by atoms with Crippen molar-refractivity contribution in [3.63, 3.8) is 0 Å². The van der Waals surface area contributed by atoms with Gasteiger partial charge in [0.1, 0.15) is 0 Å². The topological polar surface area (TPSA) is 105 Å². The molecule has 4 N–H and O–H groups in total. The van der Waals surface area contributed by atoms with E-state index >= 15 is 0 Å². The second-order valence-corrected chi connectivity index (χ2v) is 7.52. The molecule has 0 aromatic heterocycles. The second-order valence-electron chi connectivity index (χ2n) is 6.14. The lowest BCUT2D eigenvalue weighted by molar-refractivity contribution is -0.133. The maximum Gasteiger partial charge on any atom is 0.274 e. The minimum atomic E-state index is -3.64. The van der Waals surface area contributed by atoms with Gasteiger partial charge in [-0.2, -0.15) is 8.42 Å². The van der Waals surface area contributed by atoms with Crippen LogP contribution in [0.2, 0.25) is 0 Å². The van der Waals surface area contributed by atoms with Crippen molar-refractivity contribution in [3.8, 4) is 0 Å². The summed E-state index contributed by atoms with van der Waals surface area (Å²) in [5, 5.41) is 8.25. The SMILES string of the molecule is NS(=O)(=O)NCC1CCCN(C(=O)CCC2CCNC2)C1. The van der Waals surface area contributed by atoms with E-state index in [1.54, 1.807) is 0 Å². The normalized spacial score (nSPS) is 27.0. The van der Waals surface area contributed by atoms with Crippen molar-refractivity contribution >= 4 is 16.1 Å². The summed E-state index contributed by atoms with van der Waals surface area (Å²) in [6.07, 6.45) is 4.56. The summed E-state index contributed by atoms with van der Waals surface area (Å²) in [5.41, 5.74) is 0. The Morgan fingerprint density at radius 1 is 1.33 bits per heavy atom. The standard InChI is InChI=1S/C13H26N4O3S/c14-21(19,20)16-9-12-2-1-7-17(10-12)13(18)4-3-11-5-6-15-8-11/h11-12,15-16H,1-10H2,(H2,14,19,20). The molecule has 21 heavy (non-hydrogen) atoms. The number of amides is 1. The van der Waals surface area contributed by atoms with Crippen LogP contribution in [0.5, 0.6) is 0 Å². The van der Waals surface area contributed by atoms with E-state index in [1.165, 1.54) is 0 Å². The van der Waals surface area contributed by atoms with Crippen molar-refractivity contribution in [2.45, 2.75) is 32.1 Å². The average molecular weight is 318 g/mol. The first-order valence-corrected chi connectivity index (χ1v) is 9.24. The van der Waals surface area contributed by atoms with E-state index in [1.807, 2.05) is 4.90 Å². The van der Waals surface area contributed by atoms with Crippen molar-refractivity contribution < 1.29 is 13.2 Å². The number of nitrogens with one attached hydrogen (secondary N) is 2. The van der Waals surface area contributed by atoms with Crippen LogP contribution in [0, 0.1) is 11.8 Å². The maximum atomic E-state index is 12.2. The molecule has 0 aromatic rings. The molecule has 2 saturated heterocycles. The van der Waals surface area contributed by atoms with Gasteiger partial charge in [-0.05, 0) is 50.6 Å². The Morgan fingerprint density at radius 3 is 2.81 bits per heavy atom. The molecule has 122 valence electrons. The largest absolute Gasteiger partial charge is 0.342 e. The molecule has 8 heteroatoms. The number of hydrogen-bond donors (Lipinski definition) is 3. The van der Waals surface area contributed by atoms with Gasteiger partial charge in [-0.3, -0.25) is 4.79 Å². The molecule has 0 aromatic carbocycles. The Labute approximate surface area is 126 Å². The molecule has 2 rings (SSSR count). The highest BCUT2D eigenvalue weighted by molar-refractivity contribution is 7.87. The third kappa shape index (κ3) is 5.90. The number of nitrogens with two attached hydrogens (primary N) is 1. The van der Waals surface area contributed by atoms with E-state index in [-0.39, 0.29) is 11.8 Å². The van der Waals surface area contributed by atoms with E-state index in [4.69, 9.17) is 5.14 Å². The molecule has 2 atom stereocenters. The number of piperidine rings is 1. The summed E-state index contributed by atoms with van der Waals surface area (Å²) >= 11 is 0. The number of likely N-dealkylation sites (tertiary alicyclic amines) is 1. The lowest BCUT2D eigenvalue weighted by atomic mass is 9.97. The fourth-order valence-electron chi connectivity index (χ4n) is 3.14. The molecule has 0 radical (unpaired) electrons. The summed E-state index contributed by atoms with van der Waals surface area (Å²) in [5.74, 6) is 0.981. The molecule has 0 saturated carbocycles. The van der Waals surface area contributed by atoms with Crippen LogP contribution in [0.15, 0.2) is 0 Å². The molecule has 2 aliphatic heterocycles. The predicted molar refractivity (Wildman–Crippen MR) is 80.6 cm³/mol. The lowest BCUT2D eigenvalue weighted by Crippen LogP contribution is -2.44. The molecule has 2 aliphatic rings. The van der Waals surface area contributed by atoms with Crippen molar-refractivity contribution in [1.29, 1.82) is 0 Å². The fraction of sp³-hybridized carbons (Fsp3) is 0.923. The molecular weight excluding hydrogens is 292 g/mol. The van der Waals surface area contributed by atoms with E-state index in [0.29, 0.717) is 25.4 Å². The first-order chi connectivity index (χ1) is 9.94. The highest BCUT2D eigenvalue weighted by Crippen LogP contribution is 2.19. The average Bonchev–Trinajstić information content (AvgIpc) is 2.95. The van der Waals surface area contributed by atoms with Crippen LogP contribution in [0.3, 0.4) is 0 Å². The first kappa shape index (κ1) is 16.7. The van der Waals surface area contributed by atoms with Gasteiger partial charge in [0.15, 0.2) is 0 Å². The summed E-state index contributed by atoms with van der Waals surface area (Å²) in [6.45, 7) is 3.81. The molecule has 2 fully saturated rings. The molecule has 0 spiro atoms. The number of rotatable bonds is 6. The molecule has 7 nitrogen and oxygen atoms in total.